The van der Waals surface area contributed by atoms with Crippen LogP contribution in [-0.4, -0.2) is 26.9 Å². The maximum atomic E-state index is 6.18. The van der Waals surface area contributed by atoms with E-state index in [4.69, 9.17) is 15.5 Å². The molecule has 1 aliphatic carbocycles. The highest BCUT2D eigenvalue weighted by molar-refractivity contribution is 5.67. The van der Waals surface area contributed by atoms with Gasteiger partial charge in [0.1, 0.15) is 11.4 Å². The highest BCUT2D eigenvalue weighted by atomic mass is 16.5. The second-order valence-electron chi connectivity index (χ2n) is 5.51. The van der Waals surface area contributed by atoms with Crippen LogP contribution in [0.1, 0.15) is 36.2 Å². The standard InChI is InChI=1S/C15H21N5O/c1-9-12(15(21-3)20(2)19-9)14-17-11-8-6-4-5-7-10(11)13(16)18-14/h4-8H2,1-3H3,(H2,16,17,18). The van der Waals surface area contributed by atoms with Gasteiger partial charge in [-0.3, -0.25) is 0 Å². The summed E-state index contributed by atoms with van der Waals surface area (Å²) in [4.78, 5) is 9.28. The smallest absolute Gasteiger partial charge is 0.222 e. The highest BCUT2D eigenvalue weighted by Crippen LogP contribution is 2.33. The summed E-state index contributed by atoms with van der Waals surface area (Å²) in [6.07, 6.45) is 5.49. The number of rotatable bonds is 2. The number of nitrogens with zero attached hydrogens (tertiary/aromatic N) is 4. The molecule has 2 heterocycles. The molecule has 3 rings (SSSR count). The Morgan fingerprint density at radius 2 is 1.90 bits per heavy atom. The molecule has 0 bridgehead atoms. The number of hydrogen-bond donors (Lipinski definition) is 1. The maximum absolute atomic E-state index is 6.18. The molecule has 2 N–H and O–H groups in total. The van der Waals surface area contributed by atoms with Crippen LogP contribution in [0.15, 0.2) is 0 Å². The first-order valence-corrected chi connectivity index (χ1v) is 7.35. The molecule has 0 aliphatic heterocycles. The fourth-order valence-corrected chi connectivity index (χ4v) is 3.04. The minimum Gasteiger partial charge on any atom is -0.481 e. The minimum absolute atomic E-state index is 0.599. The Labute approximate surface area is 124 Å². The van der Waals surface area contributed by atoms with Gasteiger partial charge in [0.2, 0.25) is 5.88 Å². The number of aromatic nitrogens is 4. The third kappa shape index (κ3) is 2.34. The van der Waals surface area contributed by atoms with Crippen LogP contribution in [-0.2, 0) is 19.9 Å². The van der Waals surface area contributed by atoms with E-state index in [9.17, 15) is 0 Å². The van der Waals surface area contributed by atoms with Crippen molar-refractivity contribution >= 4 is 5.82 Å². The number of nitrogens with two attached hydrogens (primary N) is 1. The van der Waals surface area contributed by atoms with Crippen LogP contribution in [0.5, 0.6) is 5.88 Å². The highest BCUT2D eigenvalue weighted by Gasteiger charge is 2.22. The Morgan fingerprint density at radius 3 is 2.67 bits per heavy atom. The monoisotopic (exact) mass is 287 g/mol. The first-order chi connectivity index (χ1) is 10.1. The van der Waals surface area contributed by atoms with Gasteiger partial charge < -0.3 is 10.5 Å². The molecule has 0 fully saturated rings. The number of methoxy groups -OCH3 is 1. The number of hydrogen-bond acceptors (Lipinski definition) is 5. The normalized spacial score (nSPS) is 14.6. The number of anilines is 1. The molecule has 6 nitrogen and oxygen atoms in total. The van der Waals surface area contributed by atoms with Crippen molar-refractivity contribution in [3.8, 4) is 17.3 Å². The molecule has 1 aliphatic rings. The second-order valence-corrected chi connectivity index (χ2v) is 5.51. The Balaban J connectivity index is 2.16. The summed E-state index contributed by atoms with van der Waals surface area (Å²) in [6.45, 7) is 1.93. The average Bonchev–Trinajstić information content (AvgIpc) is 2.63. The van der Waals surface area contributed by atoms with Crippen LogP contribution in [0, 0.1) is 6.92 Å². The Morgan fingerprint density at radius 1 is 1.14 bits per heavy atom. The SMILES string of the molecule is COc1c(-c2nc(N)c3c(n2)CCCCC3)c(C)nn1C. The molecule has 112 valence electrons. The Hall–Kier alpha value is -2.11. The lowest BCUT2D eigenvalue weighted by molar-refractivity contribution is 0.374. The lowest BCUT2D eigenvalue weighted by atomic mass is 10.1. The first kappa shape index (κ1) is 13.9. The van der Waals surface area contributed by atoms with E-state index in [-0.39, 0.29) is 0 Å². The van der Waals surface area contributed by atoms with Gasteiger partial charge in [0.05, 0.1) is 12.8 Å². The van der Waals surface area contributed by atoms with Crippen LogP contribution in [0.2, 0.25) is 0 Å². The number of ether oxygens (including phenoxy) is 1. The summed E-state index contributed by atoms with van der Waals surface area (Å²) in [5.41, 5.74) is 10.1. The predicted molar refractivity (Wildman–Crippen MR) is 81.2 cm³/mol. The van der Waals surface area contributed by atoms with Gasteiger partial charge in [-0.25, -0.2) is 14.6 Å². The van der Waals surface area contributed by atoms with E-state index in [2.05, 4.69) is 10.1 Å². The lowest BCUT2D eigenvalue weighted by Crippen LogP contribution is -2.07. The van der Waals surface area contributed by atoms with Crippen molar-refractivity contribution < 1.29 is 4.74 Å². The topological polar surface area (TPSA) is 78.8 Å². The van der Waals surface area contributed by atoms with Crippen molar-refractivity contribution in [1.82, 2.24) is 19.7 Å². The summed E-state index contributed by atoms with van der Waals surface area (Å²) in [6, 6.07) is 0. The molecule has 0 spiro atoms. The van der Waals surface area contributed by atoms with Gasteiger partial charge in [0.15, 0.2) is 5.82 Å². The maximum Gasteiger partial charge on any atom is 0.222 e. The minimum atomic E-state index is 0.599. The zero-order chi connectivity index (χ0) is 15.0. The van der Waals surface area contributed by atoms with Crippen LogP contribution in [0.25, 0.3) is 11.4 Å². The molecular weight excluding hydrogens is 266 g/mol. The molecule has 2 aromatic heterocycles. The third-order valence-corrected chi connectivity index (χ3v) is 4.05. The molecule has 0 saturated carbocycles. The van der Waals surface area contributed by atoms with Crippen molar-refractivity contribution in [2.45, 2.75) is 39.0 Å². The van der Waals surface area contributed by atoms with Crippen LogP contribution < -0.4 is 10.5 Å². The van der Waals surface area contributed by atoms with E-state index in [0.29, 0.717) is 17.5 Å². The molecule has 0 amide bonds. The molecule has 21 heavy (non-hydrogen) atoms. The van der Waals surface area contributed by atoms with Gasteiger partial charge in [-0.1, -0.05) is 6.42 Å². The van der Waals surface area contributed by atoms with Gasteiger partial charge in [-0.05, 0) is 32.6 Å². The van der Waals surface area contributed by atoms with Crippen LogP contribution in [0.3, 0.4) is 0 Å². The molecular formula is C15H21N5O. The van der Waals surface area contributed by atoms with Crippen molar-refractivity contribution in [2.75, 3.05) is 12.8 Å². The fourth-order valence-electron chi connectivity index (χ4n) is 3.04. The largest absolute Gasteiger partial charge is 0.481 e. The van der Waals surface area contributed by atoms with Crippen molar-refractivity contribution in [3.63, 3.8) is 0 Å². The van der Waals surface area contributed by atoms with Crippen LogP contribution >= 0.6 is 0 Å². The van der Waals surface area contributed by atoms with E-state index >= 15 is 0 Å². The molecule has 2 aromatic rings. The average molecular weight is 287 g/mol. The molecule has 0 unspecified atom stereocenters. The molecule has 0 atom stereocenters. The van der Waals surface area contributed by atoms with Gasteiger partial charge in [0.25, 0.3) is 0 Å². The summed E-state index contributed by atoms with van der Waals surface area (Å²) >= 11 is 0. The zero-order valence-electron chi connectivity index (χ0n) is 12.8. The third-order valence-electron chi connectivity index (χ3n) is 4.05. The summed E-state index contributed by atoms with van der Waals surface area (Å²) in [7, 11) is 3.48. The fraction of sp³-hybridized carbons (Fsp3) is 0.533. The van der Waals surface area contributed by atoms with Crippen molar-refractivity contribution in [1.29, 1.82) is 0 Å². The lowest BCUT2D eigenvalue weighted by Gasteiger charge is -2.11. The van der Waals surface area contributed by atoms with Gasteiger partial charge in [-0.15, -0.1) is 0 Å². The quantitative estimate of drug-likeness (QED) is 0.855. The van der Waals surface area contributed by atoms with E-state index in [1.807, 2.05) is 14.0 Å². The predicted octanol–water partition coefficient (Wildman–Crippen LogP) is 2.05. The van der Waals surface area contributed by atoms with Gasteiger partial charge in [-0.2, -0.15) is 5.10 Å². The first-order valence-electron chi connectivity index (χ1n) is 7.35. The molecule has 6 heteroatoms. The molecule has 0 saturated heterocycles. The molecule has 0 radical (unpaired) electrons. The van der Waals surface area contributed by atoms with Crippen molar-refractivity contribution in [3.05, 3.63) is 17.0 Å². The zero-order valence-corrected chi connectivity index (χ0v) is 12.8. The van der Waals surface area contributed by atoms with Gasteiger partial charge >= 0.3 is 0 Å². The summed E-state index contributed by atoms with van der Waals surface area (Å²) in [5, 5.41) is 4.39. The number of aryl methyl sites for hydroxylation is 3. The number of fused-ring (bicyclic) bond motifs is 1. The Kier molecular flexibility index (Phi) is 3.53. The van der Waals surface area contributed by atoms with Gasteiger partial charge in [0, 0.05) is 18.3 Å². The molecule has 0 aromatic carbocycles. The van der Waals surface area contributed by atoms with E-state index in [0.717, 1.165) is 48.2 Å². The summed E-state index contributed by atoms with van der Waals surface area (Å²) < 4.78 is 7.14. The van der Waals surface area contributed by atoms with Crippen LogP contribution in [0.4, 0.5) is 5.82 Å². The Bertz CT molecular complexity index is 677. The van der Waals surface area contributed by atoms with E-state index in [1.54, 1.807) is 11.8 Å². The van der Waals surface area contributed by atoms with E-state index < -0.39 is 0 Å². The van der Waals surface area contributed by atoms with E-state index in [1.165, 1.54) is 6.42 Å². The second kappa shape index (κ2) is 5.35. The van der Waals surface area contributed by atoms with Crippen molar-refractivity contribution in [2.24, 2.45) is 7.05 Å². The summed E-state index contributed by atoms with van der Waals surface area (Å²) in [5.74, 6) is 1.89. The number of nitrogen functional groups attached to an aromatic ring is 1.